The van der Waals surface area contributed by atoms with Gasteiger partial charge in [0.05, 0.1) is 16.4 Å². The Morgan fingerprint density at radius 2 is 1.69 bits per heavy atom. The fourth-order valence-electron chi connectivity index (χ4n) is 1.54. The van der Waals surface area contributed by atoms with Crippen LogP contribution in [0.4, 0.5) is 0 Å². The van der Waals surface area contributed by atoms with Crippen LogP contribution >= 0.6 is 12.2 Å². The van der Waals surface area contributed by atoms with Crippen molar-refractivity contribution in [1.29, 1.82) is 0 Å². The summed E-state index contributed by atoms with van der Waals surface area (Å²) in [6, 6.07) is 0. The van der Waals surface area contributed by atoms with E-state index in [0.717, 1.165) is 30.7 Å². The van der Waals surface area contributed by atoms with Crippen molar-refractivity contribution in [3.8, 4) is 0 Å². The highest BCUT2D eigenvalue weighted by Gasteiger charge is 1.93. The molecule has 16 heavy (non-hydrogen) atoms. The van der Waals surface area contributed by atoms with Gasteiger partial charge in [-0.1, -0.05) is 32.1 Å². The molecule has 0 heterocycles. The second-order valence-corrected chi connectivity index (χ2v) is 5.03. The second-order valence-electron chi connectivity index (χ2n) is 3.98. The van der Waals surface area contributed by atoms with Gasteiger partial charge < -0.3 is 0 Å². The van der Waals surface area contributed by atoms with Gasteiger partial charge in [0.25, 0.3) is 0 Å². The van der Waals surface area contributed by atoms with E-state index in [1.807, 2.05) is 6.92 Å². The molecule has 0 unspecified atom stereocenters. The minimum Gasteiger partial charge on any atom is -0.233 e. The zero-order valence-corrected chi connectivity index (χ0v) is 11.7. The first-order valence-electron chi connectivity index (χ1n) is 5.97. The maximum absolute atomic E-state index is 10.4. The Morgan fingerprint density at radius 1 is 1.12 bits per heavy atom. The average molecular weight is 259 g/mol. The van der Waals surface area contributed by atoms with Crippen LogP contribution in [-0.2, 0) is 11.3 Å². The normalized spacial score (nSPS) is 9.56. The number of hydrogen-bond donors (Lipinski definition) is 0. The predicted molar refractivity (Wildman–Crippen MR) is 75.7 cm³/mol. The average Bonchev–Trinajstić information content (AvgIpc) is 2.31. The molecule has 0 rings (SSSR count). The topological polar surface area (TPSA) is 29.4 Å². The molecule has 0 radical (unpaired) electrons. The van der Waals surface area contributed by atoms with Gasteiger partial charge in [0, 0.05) is 11.4 Å². The number of rotatable bonds is 10. The molecule has 0 bridgehead atoms. The van der Waals surface area contributed by atoms with E-state index < -0.39 is 0 Å². The maximum Gasteiger partial charge on any atom is 0.0873 e. The standard InChI is InChI=1S/C12H21NOS2/c1-12(16-14)9-7-5-3-2-4-6-8-10-13-11-15/h2-10H2,1H3. The summed E-state index contributed by atoms with van der Waals surface area (Å²) in [4.78, 5) is 4.89. The molecule has 92 valence electrons. The Kier molecular flexibility index (Phi) is 12.5. The molecule has 0 N–H and O–H groups in total. The van der Waals surface area contributed by atoms with Crippen LogP contribution < -0.4 is 0 Å². The molecular weight excluding hydrogens is 238 g/mol. The first-order valence-corrected chi connectivity index (χ1v) is 7.12. The number of aliphatic imine (C=N–C) groups is 1. The molecule has 2 nitrogen and oxygen atoms in total. The molecule has 4 heteroatoms. The molecule has 0 fully saturated rings. The number of nitrogens with zero attached hydrogens (tertiary/aromatic N) is 1. The molecule has 0 atom stereocenters. The van der Waals surface area contributed by atoms with Crippen LogP contribution in [0.15, 0.2) is 4.99 Å². The lowest BCUT2D eigenvalue weighted by Crippen LogP contribution is -1.90. The summed E-state index contributed by atoms with van der Waals surface area (Å²) in [6.07, 6.45) is 9.62. The summed E-state index contributed by atoms with van der Waals surface area (Å²) in [5.74, 6) is 0. The molecule has 0 aromatic heterocycles. The van der Waals surface area contributed by atoms with E-state index in [1.165, 1.54) is 32.1 Å². The third kappa shape index (κ3) is 11.8. The largest absolute Gasteiger partial charge is 0.233 e. The third-order valence-electron chi connectivity index (χ3n) is 2.51. The van der Waals surface area contributed by atoms with Gasteiger partial charge in [-0.15, -0.1) is 0 Å². The lowest BCUT2D eigenvalue weighted by atomic mass is 10.1. The van der Waals surface area contributed by atoms with E-state index in [-0.39, 0.29) is 0 Å². The van der Waals surface area contributed by atoms with Crippen LogP contribution in [0.5, 0.6) is 0 Å². The number of isothiocyanates is 1. The molecule has 0 spiro atoms. The third-order valence-corrected chi connectivity index (χ3v) is 3.12. The lowest BCUT2D eigenvalue weighted by Gasteiger charge is -2.00. The minimum absolute atomic E-state index is 0.646. The fraction of sp³-hybridized carbons (Fsp3) is 0.833. The van der Waals surface area contributed by atoms with Crippen LogP contribution in [-0.4, -0.2) is 20.8 Å². The van der Waals surface area contributed by atoms with E-state index >= 15 is 0 Å². The smallest absolute Gasteiger partial charge is 0.0873 e. The number of thiocarbonyl (C=S) groups is 1. The van der Waals surface area contributed by atoms with Crippen molar-refractivity contribution >= 4 is 33.5 Å². The SMILES string of the molecule is CC(CCCCCCCCCN=C=S)=S=O. The Bertz CT molecular complexity index is 266. The zero-order valence-electron chi connectivity index (χ0n) is 10.0. The fourth-order valence-corrected chi connectivity index (χ4v) is 1.85. The molecule has 0 saturated carbocycles. The first kappa shape index (κ1) is 15.7. The van der Waals surface area contributed by atoms with Gasteiger partial charge in [0.2, 0.25) is 0 Å². The maximum atomic E-state index is 10.4. The highest BCUT2D eigenvalue weighted by atomic mass is 32.1. The monoisotopic (exact) mass is 259 g/mol. The van der Waals surface area contributed by atoms with Gasteiger partial charge in [-0.2, -0.15) is 0 Å². The molecule has 0 saturated heterocycles. The number of unbranched alkanes of at least 4 members (excludes halogenated alkanes) is 6. The summed E-state index contributed by atoms with van der Waals surface area (Å²) < 4.78 is 10.4. The van der Waals surface area contributed by atoms with Crippen molar-refractivity contribution in [3.63, 3.8) is 0 Å². The van der Waals surface area contributed by atoms with Crippen LogP contribution in [0.2, 0.25) is 0 Å². The minimum atomic E-state index is 0.646. The van der Waals surface area contributed by atoms with Gasteiger partial charge in [-0.25, -0.2) is 9.20 Å². The molecule has 0 amide bonds. The quantitative estimate of drug-likeness (QED) is 0.341. The van der Waals surface area contributed by atoms with E-state index in [1.54, 1.807) is 0 Å². The van der Waals surface area contributed by atoms with Gasteiger partial charge in [-0.3, -0.25) is 0 Å². The molecule has 0 aliphatic rings. The van der Waals surface area contributed by atoms with Crippen molar-refractivity contribution < 1.29 is 4.21 Å². The van der Waals surface area contributed by atoms with E-state index in [2.05, 4.69) is 22.4 Å². The van der Waals surface area contributed by atoms with E-state index in [9.17, 15) is 4.21 Å². The summed E-state index contributed by atoms with van der Waals surface area (Å²) in [7, 11) is 0. The van der Waals surface area contributed by atoms with Crippen LogP contribution in [0.25, 0.3) is 0 Å². The molecule has 0 aliphatic carbocycles. The van der Waals surface area contributed by atoms with Crippen LogP contribution in [0.3, 0.4) is 0 Å². The highest BCUT2D eigenvalue weighted by Crippen LogP contribution is 2.08. The Morgan fingerprint density at radius 3 is 2.25 bits per heavy atom. The van der Waals surface area contributed by atoms with Crippen molar-refractivity contribution in [2.45, 2.75) is 58.3 Å². The van der Waals surface area contributed by atoms with Gasteiger partial charge >= 0.3 is 0 Å². The predicted octanol–water partition coefficient (Wildman–Crippen LogP) is 3.62. The van der Waals surface area contributed by atoms with Crippen LogP contribution in [0, 0.1) is 0 Å². The first-order chi connectivity index (χ1) is 7.81. The Hall–Kier alpha value is -0.310. The van der Waals surface area contributed by atoms with Crippen molar-refractivity contribution in [2.24, 2.45) is 4.99 Å². The summed E-state index contributed by atoms with van der Waals surface area (Å²) in [5.41, 5.74) is 0. The lowest BCUT2D eigenvalue weighted by molar-refractivity contribution is 0.588. The van der Waals surface area contributed by atoms with Crippen molar-refractivity contribution in [3.05, 3.63) is 0 Å². The molecular formula is C12H21NOS2. The van der Waals surface area contributed by atoms with Gasteiger partial charge in [0.15, 0.2) is 0 Å². The van der Waals surface area contributed by atoms with Crippen molar-refractivity contribution in [2.75, 3.05) is 6.54 Å². The zero-order chi connectivity index (χ0) is 12.1. The summed E-state index contributed by atoms with van der Waals surface area (Å²) in [6.45, 7) is 2.76. The van der Waals surface area contributed by atoms with Gasteiger partial charge in [-0.05, 0) is 38.4 Å². The summed E-state index contributed by atoms with van der Waals surface area (Å²) >= 11 is 5.14. The van der Waals surface area contributed by atoms with E-state index in [4.69, 9.17) is 0 Å². The summed E-state index contributed by atoms with van der Waals surface area (Å²) in [5, 5.41) is 2.38. The van der Waals surface area contributed by atoms with Gasteiger partial charge in [0.1, 0.15) is 0 Å². The number of hydrogen-bond acceptors (Lipinski definition) is 3. The van der Waals surface area contributed by atoms with Crippen molar-refractivity contribution in [1.82, 2.24) is 0 Å². The molecule has 0 aliphatic heterocycles. The second kappa shape index (κ2) is 12.8. The van der Waals surface area contributed by atoms with E-state index in [0.29, 0.717) is 11.3 Å². The highest BCUT2D eigenvalue weighted by molar-refractivity contribution is 7.78. The Labute approximate surface area is 108 Å². The Balaban J connectivity index is 3.09. The molecule has 0 aromatic rings. The molecule has 0 aromatic carbocycles. The van der Waals surface area contributed by atoms with Crippen LogP contribution in [0.1, 0.15) is 58.3 Å².